The number of ether oxygens (including phenoxy) is 2. The first kappa shape index (κ1) is 18.0. The third-order valence-electron chi connectivity index (χ3n) is 4.03. The Kier molecular flexibility index (Phi) is 5.38. The van der Waals surface area contributed by atoms with Crippen molar-refractivity contribution in [3.63, 3.8) is 0 Å². The number of carboxylic acid groups (broad SMARTS) is 1. The molecule has 0 bridgehead atoms. The minimum atomic E-state index is -1.07. The maximum atomic E-state index is 10.7. The monoisotopic (exact) mass is 359 g/mol. The standard InChI is InChI=1S/C22H17NO4/c1-26-21-11-15(6-9-20(21)27-14-22(24)25)10-19(13-23)18-8-7-16-4-2-3-5-17(16)12-18/h2-12H,14H2,1H3,(H,24,25)/b19-10+. The number of allylic oxidation sites excluding steroid dienone is 1. The topological polar surface area (TPSA) is 79.5 Å². The van der Waals surface area contributed by atoms with Crippen molar-refractivity contribution in [3.8, 4) is 17.6 Å². The number of carbonyl (C=O) groups is 1. The molecule has 5 nitrogen and oxygen atoms in total. The summed E-state index contributed by atoms with van der Waals surface area (Å²) in [6.07, 6.45) is 1.76. The summed E-state index contributed by atoms with van der Waals surface area (Å²) in [5, 5.41) is 20.5. The number of methoxy groups -OCH3 is 1. The third kappa shape index (κ3) is 4.25. The third-order valence-corrected chi connectivity index (χ3v) is 4.03. The van der Waals surface area contributed by atoms with Crippen LogP contribution in [0.4, 0.5) is 0 Å². The molecule has 0 amide bonds. The second-order valence-electron chi connectivity index (χ2n) is 5.82. The first-order chi connectivity index (χ1) is 13.1. The Labute approximate surface area is 156 Å². The minimum absolute atomic E-state index is 0.335. The molecule has 0 aliphatic carbocycles. The smallest absolute Gasteiger partial charge is 0.341 e. The lowest BCUT2D eigenvalue weighted by atomic mass is 10.00. The second-order valence-corrected chi connectivity index (χ2v) is 5.82. The van der Waals surface area contributed by atoms with Crippen LogP contribution in [0.15, 0.2) is 60.7 Å². The molecule has 0 radical (unpaired) electrons. The zero-order chi connectivity index (χ0) is 19.2. The van der Waals surface area contributed by atoms with Gasteiger partial charge in [0.1, 0.15) is 0 Å². The quantitative estimate of drug-likeness (QED) is 0.522. The summed E-state index contributed by atoms with van der Waals surface area (Å²) in [7, 11) is 1.48. The van der Waals surface area contributed by atoms with Crippen LogP contribution in [-0.4, -0.2) is 24.8 Å². The number of nitrogens with zero attached hydrogens (tertiary/aromatic N) is 1. The van der Waals surface area contributed by atoms with Crippen molar-refractivity contribution < 1.29 is 19.4 Å². The van der Waals surface area contributed by atoms with E-state index in [1.54, 1.807) is 24.3 Å². The predicted octanol–water partition coefficient (Wildman–Crippen LogP) is 4.38. The molecule has 0 fully saturated rings. The number of hydrogen-bond acceptors (Lipinski definition) is 4. The van der Waals surface area contributed by atoms with E-state index in [-0.39, 0.29) is 0 Å². The molecule has 0 heterocycles. The fourth-order valence-electron chi connectivity index (χ4n) is 2.74. The number of fused-ring (bicyclic) bond motifs is 1. The predicted molar refractivity (Wildman–Crippen MR) is 104 cm³/mol. The molecule has 5 heteroatoms. The number of aliphatic carboxylic acids is 1. The highest BCUT2D eigenvalue weighted by atomic mass is 16.5. The number of benzene rings is 3. The summed E-state index contributed by atoms with van der Waals surface area (Å²) >= 11 is 0. The van der Waals surface area contributed by atoms with E-state index in [4.69, 9.17) is 14.6 Å². The zero-order valence-electron chi connectivity index (χ0n) is 14.7. The zero-order valence-corrected chi connectivity index (χ0v) is 14.7. The highest BCUT2D eigenvalue weighted by Gasteiger charge is 2.09. The first-order valence-corrected chi connectivity index (χ1v) is 8.24. The van der Waals surface area contributed by atoms with E-state index in [9.17, 15) is 10.1 Å². The van der Waals surface area contributed by atoms with E-state index in [1.807, 2.05) is 42.5 Å². The fraction of sp³-hybridized carbons (Fsp3) is 0.0909. The summed E-state index contributed by atoms with van der Waals surface area (Å²) in [6, 6.07) is 21.2. The Bertz CT molecular complexity index is 1060. The Morgan fingerprint density at radius 3 is 2.56 bits per heavy atom. The molecule has 0 aromatic heterocycles. The van der Waals surface area contributed by atoms with E-state index in [0.717, 1.165) is 21.9 Å². The van der Waals surface area contributed by atoms with E-state index in [1.165, 1.54) is 7.11 Å². The summed E-state index contributed by atoms with van der Waals surface area (Å²) in [5.41, 5.74) is 2.09. The molecule has 3 aromatic rings. The SMILES string of the molecule is COc1cc(/C=C(\C#N)c2ccc3ccccc3c2)ccc1OCC(=O)O. The van der Waals surface area contributed by atoms with Gasteiger partial charge in [-0.1, -0.05) is 42.5 Å². The first-order valence-electron chi connectivity index (χ1n) is 8.24. The van der Waals surface area contributed by atoms with E-state index < -0.39 is 12.6 Å². The van der Waals surface area contributed by atoms with Gasteiger partial charge in [0.15, 0.2) is 18.1 Å². The lowest BCUT2D eigenvalue weighted by Gasteiger charge is -2.10. The molecule has 27 heavy (non-hydrogen) atoms. The van der Waals surface area contributed by atoms with Crippen LogP contribution in [-0.2, 0) is 4.79 Å². The molecule has 1 N–H and O–H groups in total. The summed E-state index contributed by atoms with van der Waals surface area (Å²) < 4.78 is 10.5. The van der Waals surface area contributed by atoms with Gasteiger partial charge in [-0.05, 0) is 46.2 Å². The molecule has 0 unspecified atom stereocenters. The van der Waals surface area contributed by atoms with Crippen molar-refractivity contribution in [3.05, 3.63) is 71.8 Å². The Hall–Kier alpha value is -3.78. The number of nitriles is 1. The molecule has 0 saturated carbocycles. The molecule has 0 spiro atoms. The van der Waals surface area contributed by atoms with Gasteiger partial charge in [-0.25, -0.2) is 4.79 Å². The van der Waals surface area contributed by atoms with Crippen molar-refractivity contribution >= 4 is 28.4 Å². The number of carboxylic acids is 1. The molecule has 0 aliphatic heterocycles. The van der Waals surface area contributed by atoms with Gasteiger partial charge in [-0.3, -0.25) is 0 Å². The Morgan fingerprint density at radius 2 is 1.85 bits per heavy atom. The molecular formula is C22H17NO4. The van der Waals surface area contributed by atoms with Gasteiger partial charge in [0.25, 0.3) is 0 Å². The highest BCUT2D eigenvalue weighted by molar-refractivity contribution is 5.94. The summed E-state index contributed by atoms with van der Waals surface area (Å²) in [5.74, 6) is -0.328. The molecule has 3 aromatic carbocycles. The van der Waals surface area contributed by atoms with E-state index in [2.05, 4.69) is 6.07 Å². The van der Waals surface area contributed by atoms with Crippen molar-refractivity contribution in [2.75, 3.05) is 13.7 Å². The molecular weight excluding hydrogens is 342 g/mol. The Balaban J connectivity index is 1.94. The average Bonchev–Trinajstić information content (AvgIpc) is 2.70. The van der Waals surface area contributed by atoms with Crippen molar-refractivity contribution in [1.82, 2.24) is 0 Å². The highest BCUT2D eigenvalue weighted by Crippen LogP contribution is 2.30. The van der Waals surface area contributed by atoms with Crippen LogP contribution in [0.2, 0.25) is 0 Å². The molecule has 0 saturated heterocycles. The van der Waals surface area contributed by atoms with Gasteiger partial charge in [0, 0.05) is 0 Å². The Morgan fingerprint density at radius 1 is 1.07 bits per heavy atom. The summed E-state index contributed by atoms with van der Waals surface area (Å²) in [6.45, 7) is -0.452. The lowest BCUT2D eigenvalue weighted by molar-refractivity contribution is -0.139. The normalized spacial score (nSPS) is 11.0. The average molecular weight is 359 g/mol. The van der Waals surface area contributed by atoms with E-state index in [0.29, 0.717) is 17.1 Å². The van der Waals surface area contributed by atoms with Crippen LogP contribution in [0.1, 0.15) is 11.1 Å². The second kappa shape index (κ2) is 8.07. The molecule has 0 aliphatic rings. The molecule has 3 rings (SSSR count). The van der Waals surface area contributed by atoms with Gasteiger partial charge < -0.3 is 14.6 Å². The van der Waals surface area contributed by atoms with Crippen molar-refractivity contribution in [2.45, 2.75) is 0 Å². The van der Waals surface area contributed by atoms with Crippen molar-refractivity contribution in [1.29, 1.82) is 5.26 Å². The van der Waals surface area contributed by atoms with Crippen LogP contribution >= 0.6 is 0 Å². The molecule has 134 valence electrons. The summed E-state index contributed by atoms with van der Waals surface area (Å²) in [4.78, 5) is 10.7. The number of rotatable bonds is 6. The molecule has 0 atom stereocenters. The number of hydrogen-bond donors (Lipinski definition) is 1. The van der Waals surface area contributed by atoms with Gasteiger partial charge in [-0.15, -0.1) is 0 Å². The van der Waals surface area contributed by atoms with E-state index >= 15 is 0 Å². The van der Waals surface area contributed by atoms with Crippen LogP contribution in [0.3, 0.4) is 0 Å². The van der Waals surface area contributed by atoms with Gasteiger partial charge in [-0.2, -0.15) is 5.26 Å². The van der Waals surface area contributed by atoms with Crippen LogP contribution in [0.5, 0.6) is 11.5 Å². The minimum Gasteiger partial charge on any atom is -0.493 e. The van der Waals surface area contributed by atoms with Crippen molar-refractivity contribution in [2.24, 2.45) is 0 Å². The lowest BCUT2D eigenvalue weighted by Crippen LogP contribution is -2.10. The van der Waals surface area contributed by atoms with Crippen LogP contribution < -0.4 is 9.47 Å². The van der Waals surface area contributed by atoms with Crippen LogP contribution in [0, 0.1) is 11.3 Å². The fourth-order valence-corrected chi connectivity index (χ4v) is 2.74. The van der Waals surface area contributed by atoms with Gasteiger partial charge in [0.05, 0.1) is 18.8 Å². The maximum absolute atomic E-state index is 10.7. The largest absolute Gasteiger partial charge is 0.493 e. The van der Waals surface area contributed by atoms with Crippen LogP contribution in [0.25, 0.3) is 22.4 Å². The maximum Gasteiger partial charge on any atom is 0.341 e. The van der Waals surface area contributed by atoms with Gasteiger partial charge >= 0.3 is 5.97 Å². The van der Waals surface area contributed by atoms with Gasteiger partial charge in [0.2, 0.25) is 0 Å².